The Bertz CT molecular complexity index is 269. The number of carbonyl (C=O) groups is 2. The first kappa shape index (κ1) is 24.9. The second-order valence-corrected chi connectivity index (χ2v) is 5.10. The summed E-state index contributed by atoms with van der Waals surface area (Å²) in [6.45, 7) is 17.9. The zero-order chi connectivity index (χ0) is 17.6. The fraction of sp³-hybridized carbons (Fsp3) is 0.882. The van der Waals surface area contributed by atoms with E-state index in [-0.39, 0.29) is 31.0 Å². The Morgan fingerprint density at radius 2 is 1.33 bits per heavy atom. The summed E-state index contributed by atoms with van der Waals surface area (Å²) in [6.07, 6.45) is 0.794. The van der Waals surface area contributed by atoms with E-state index in [0.29, 0.717) is 0 Å². The Kier molecular flexibility index (Phi) is 18.2. The van der Waals surface area contributed by atoms with Crippen LogP contribution in [0, 0.1) is 17.8 Å². The van der Waals surface area contributed by atoms with Crippen LogP contribution in [-0.4, -0.2) is 24.9 Å². The van der Waals surface area contributed by atoms with Gasteiger partial charge in [-0.05, 0) is 18.3 Å². The van der Waals surface area contributed by atoms with Crippen LogP contribution in [0.1, 0.15) is 70.2 Å². The van der Waals surface area contributed by atoms with Crippen LogP contribution in [0.4, 0.5) is 0 Å². The van der Waals surface area contributed by atoms with E-state index in [9.17, 15) is 9.59 Å². The molecule has 0 fully saturated rings. The van der Waals surface area contributed by atoms with Crippen molar-refractivity contribution >= 4 is 11.8 Å². The van der Waals surface area contributed by atoms with Gasteiger partial charge >= 0.3 is 0 Å². The van der Waals surface area contributed by atoms with Crippen molar-refractivity contribution in [3.63, 3.8) is 0 Å². The van der Waals surface area contributed by atoms with Crippen LogP contribution in [0.2, 0.25) is 0 Å². The number of nitrogens with one attached hydrogen (secondary N) is 2. The van der Waals surface area contributed by atoms with Crippen LogP contribution in [0.3, 0.4) is 0 Å². The van der Waals surface area contributed by atoms with Crippen molar-refractivity contribution in [1.82, 2.24) is 10.6 Å². The normalized spacial score (nSPS) is 12.4. The van der Waals surface area contributed by atoms with Gasteiger partial charge in [0.2, 0.25) is 11.8 Å². The number of hydrogen-bond acceptors (Lipinski definition) is 2. The van der Waals surface area contributed by atoms with Gasteiger partial charge in [0.15, 0.2) is 0 Å². The van der Waals surface area contributed by atoms with Gasteiger partial charge in [-0.15, -0.1) is 0 Å². The quantitative estimate of drug-likeness (QED) is 0.783. The van der Waals surface area contributed by atoms with Crippen LogP contribution in [0.15, 0.2) is 0 Å². The van der Waals surface area contributed by atoms with Gasteiger partial charge in [0.25, 0.3) is 0 Å². The van der Waals surface area contributed by atoms with E-state index >= 15 is 0 Å². The molecule has 0 heterocycles. The molecule has 2 atom stereocenters. The van der Waals surface area contributed by atoms with E-state index in [1.165, 1.54) is 0 Å². The Balaban J connectivity index is -0.000000297. The third-order valence-corrected chi connectivity index (χ3v) is 3.07. The Hall–Kier alpha value is -1.06. The fourth-order valence-corrected chi connectivity index (χ4v) is 1.91. The van der Waals surface area contributed by atoms with Gasteiger partial charge in [-0.1, -0.05) is 62.3 Å². The van der Waals surface area contributed by atoms with E-state index in [1.807, 2.05) is 62.3 Å². The van der Waals surface area contributed by atoms with Crippen LogP contribution < -0.4 is 10.6 Å². The molecule has 0 aliphatic rings. The predicted octanol–water partition coefficient (Wildman–Crippen LogP) is 3.85. The van der Waals surface area contributed by atoms with Crippen molar-refractivity contribution in [3.8, 4) is 0 Å². The van der Waals surface area contributed by atoms with Crippen molar-refractivity contribution in [2.45, 2.75) is 74.8 Å². The molecular formula is C17H40N2O2. The van der Waals surface area contributed by atoms with Gasteiger partial charge in [0.1, 0.15) is 6.04 Å². The molecule has 4 heteroatoms. The number of hydrogen-bond donors (Lipinski definition) is 2. The maximum atomic E-state index is 12.1. The molecular weight excluding hydrogens is 264 g/mol. The highest BCUT2D eigenvalue weighted by Gasteiger charge is 2.27. The number of rotatable bonds is 6. The number of amides is 2. The van der Waals surface area contributed by atoms with Crippen LogP contribution in [-0.2, 0) is 9.59 Å². The van der Waals surface area contributed by atoms with Crippen molar-refractivity contribution in [2.24, 2.45) is 17.8 Å². The highest BCUT2D eigenvalue weighted by atomic mass is 16.2. The Morgan fingerprint density at radius 1 is 0.905 bits per heavy atom. The summed E-state index contributed by atoms with van der Waals surface area (Å²) in [6, 6.07) is -0.444. The van der Waals surface area contributed by atoms with Crippen molar-refractivity contribution in [1.29, 1.82) is 0 Å². The summed E-state index contributed by atoms with van der Waals surface area (Å²) < 4.78 is 0. The first-order valence-electron chi connectivity index (χ1n) is 8.37. The van der Waals surface area contributed by atoms with Gasteiger partial charge in [-0.2, -0.15) is 0 Å². The molecule has 0 saturated carbocycles. The second kappa shape index (κ2) is 15.3. The molecule has 0 aromatic carbocycles. The molecule has 0 rings (SSSR count). The second-order valence-electron chi connectivity index (χ2n) is 5.10. The monoisotopic (exact) mass is 304 g/mol. The van der Waals surface area contributed by atoms with Gasteiger partial charge < -0.3 is 10.6 Å². The summed E-state index contributed by atoms with van der Waals surface area (Å²) >= 11 is 0. The molecule has 0 spiro atoms. The largest absolute Gasteiger partial charge is 0.357 e. The van der Waals surface area contributed by atoms with Crippen molar-refractivity contribution < 1.29 is 11.0 Å². The first-order valence-corrected chi connectivity index (χ1v) is 8.37. The molecule has 2 N–H and O–H groups in total. The summed E-state index contributed by atoms with van der Waals surface area (Å²) in [5, 5.41) is 5.43. The zero-order valence-electron chi connectivity index (χ0n) is 15.8. The Labute approximate surface area is 133 Å². The van der Waals surface area contributed by atoms with E-state index in [1.54, 1.807) is 7.05 Å². The minimum atomic E-state index is -0.444. The summed E-state index contributed by atoms with van der Waals surface area (Å²) in [5.41, 5.74) is 0. The fourth-order valence-electron chi connectivity index (χ4n) is 1.91. The molecule has 130 valence electrons. The molecule has 0 unspecified atom stereocenters. The van der Waals surface area contributed by atoms with E-state index < -0.39 is 6.04 Å². The maximum absolute atomic E-state index is 12.1. The standard InChI is InChI=1S/C13H26N2O2.2C2H6.H2/c1-7-10(8(2)3)12(16)15-11(9(4)5)13(17)14-6;2*1-2;/h8-11H,7H2,1-6H3,(H,14,17)(H,15,16);2*1-2H3;1H/t10-,11-;;;/m0.../s1. The van der Waals surface area contributed by atoms with E-state index in [0.717, 1.165) is 6.42 Å². The highest BCUT2D eigenvalue weighted by molar-refractivity contribution is 5.88. The zero-order valence-corrected chi connectivity index (χ0v) is 15.8. The average molecular weight is 305 g/mol. The molecule has 0 radical (unpaired) electrons. The van der Waals surface area contributed by atoms with Crippen LogP contribution >= 0.6 is 0 Å². The molecule has 0 aliphatic carbocycles. The summed E-state index contributed by atoms with van der Waals surface area (Å²) in [4.78, 5) is 23.7. The lowest BCUT2D eigenvalue weighted by molar-refractivity contribution is -0.132. The molecule has 4 nitrogen and oxygen atoms in total. The summed E-state index contributed by atoms with van der Waals surface area (Å²) in [7, 11) is 1.59. The van der Waals surface area contributed by atoms with E-state index in [4.69, 9.17) is 0 Å². The molecule has 2 amide bonds. The molecule has 21 heavy (non-hydrogen) atoms. The SMILES string of the molecule is CC.CC.CC[C@H](C(=O)N[C@H](C(=O)NC)C(C)C)C(C)C.[HH]. The highest BCUT2D eigenvalue weighted by Crippen LogP contribution is 2.15. The van der Waals surface area contributed by atoms with Crippen LogP contribution in [0.25, 0.3) is 0 Å². The van der Waals surface area contributed by atoms with Gasteiger partial charge in [-0.3, -0.25) is 9.59 Å². The van der Waals surface area contributed by atoms with Crippen molar-refractivity contribution in [2.75, 3.05) is 7.05 Å². The van der Waals surface area contributed by atoms with Gasteiger partial charge in [-0.25, -0.2) is 0 Å². The maximum Gasteiger partial charge on any atom is 0.242 e. The average Bonchev–Trinajstić information content (AvgIpc) is 2.48. The predicted molar refractivity (Wildman–Crippen MR) is 94.3 cm³/mol. The molecule has 0 saturated heterocycles. The minimum absolute atomic E-state index is 0. The lowest BCUT2D eigenvalue weighted by Crippen LogP contribution is -2.50. The first-order chi connectivity index (χ1) is 9.84. The molecule has 0 aromatic heterocycles. The number of likely N-dealkylation sites (N-methyl/N-ethyl adjacent to an activating group) is 1. The van der Waals surface area contributed by atoms with Gasteiger partial charge in [0.05, 0.1) is 0 Å². The summed E-state index contributed by atoms with van der Waals surface area (Å²) in [5.74, 6) is 0.193. The minimum Gasteiger partial charge on any atom is -0.357 e. The third kappa shape index (κ3) is 10.3. The van der Waals surface area contributed by atoms with Crippen LogP contribution in [0.5, 0.6) is 0 Å². The molecule has 0 aliphatic heterocycles. The topological polar surface area (TPSA) is 58.2 Å². The Morgan fingerprint density at radius 3 is 1.57 bits per heavy atom. The lowest BCUT2D eigenvalue weighted by atomic mass is 9.91. The molecule has 0 bridgehead atoms. The van der Waals surface area contributed by atoms with Gasteiger partial charge in [0, 0.05) is 14.4 Å². The molecule has 0 aromatic rings. The van der Waals surface area contributed by atoms with E-state index in [2.05, 4.69) is 10.6 Å². The smallest absolute Gasteiger partial charge is 0.242 e. The lowest BCUT2D eigenvalue weighted by Gasteiger charge is -2.25. The third-order valence-electron chi connectivity index (χ3n) is 3.07. The number of carbonyl (C=O) groups excluding carboxylic acids is 2. The van der Waals surface area contributed by atoms with Crippen molar-refractivity contribution in [3.05, 3.63) is 0 Å².